The Morgan fingerprint density at radius 3 is 2.68 bits per heavy atom. The highest BCUT2D eigenvalue weighted by molar-refractivity contribution is 7.99. The van der Waals surface area contributed by atoms with Crippen LogP contribution >= 0.6 is 11.8 Å². The van der Waals surface area contributed by atoms with Gasteiger partial charge in [-0.15, -0.1) is 11.8 Å². The lowest BCUT2D eigenvalue weighted by atomic mass is 10.00. The molecule has 1 N–H and O–H groups in total. The van der Waals surface area contributed by atoms with E-state index < -0.39 is 0 Å². The fourth-order valence-electron chi connectivity index (χ4n) is 4.39. The van der Waals surface area contributed by atoms with Crippen LogP contribution in [0.1, 0.15) is 38.2 Å². The molecule has 2 aromatic carbocycles. The normalized spacial score (nSPS) is 19.0. The first-order chi connectivity index (χ1) is 15.1. The van der Waals surface area contributed by atoms with E-state index in [9.17, 15) is 9.59 Å². The van der Waals surface area contributed by atoms with Gasteiger partial charge in [-0.3, -0.25) is 14.5 Å². The topological polar surface area (TPSA) is 52.7 Å². The Labute approximate surface area is 189 Å². The van der Waals surface area contributed by atoms with Gasteiger partial charge in [-0.05, 0) is 55.1 Å². The largest absolute Gasteiger partial charge is 0.326 e. The summed E-state index contributed by atoms with van der Waals surface area (Å²) in [5.41, 5.74) is 3.01. The fraction of sp³-hybridized carbons (Fsp3) is 0.440. The second kappa shape index (κ2) is 10.3. The maximum absolute atomic E-state index is 12.7. The van der Waals surface area contributed by atoms with Gasteiger partial charge in [0, 0.05) is 48.8 Å². The molecule has 1 atom stereocenters. The number of amides is 2. The molecule has 2 aliphatic rings. The molecule has 4 rings (SSSR count). The van der Waals surface area contributed by atoms with Crippen LogP contribution in [0.15, 0.2) is 53.4 Å². The van der Waals surface area contributed by atoms with Crippen LogP contribution in [-0.4, -0.2) is 42.1 Å². The minimum absolute atomic E-state index is 0.00834. The first-order valence-electron chi connectivity index (χ1n) is 11.2. The summed E-state index contributed by atoms with van der Waals surface area (Å²) in [5.74, 6) is 1.55. The van der Waals surface area contributed by atoms with Crippen molar-refractivity contribution in [3.63, 3.8) is 0 Å². The minimum atomic E-state index is -0.120. The van der Waals surface area contributed by atoms with E-state index in [0.717, 1.165) is 47.6 Å². The van der Waals surface area contributed by atoms with Crippen molar-refractivity contribution in [2.24, 2.45) is 5.92 Å². The average molecular weight is 438 g/mol. The van der Waals surface area contributed by atoms with Crippen LogP contribution in [0.4, 0.5) is 11.4 Å². The molecule has 31 heavy (non-hydrogen) atoms. The Hall–Kier alpha value is -2.31. The Kier molecular flexibility index (Phi) is 7.30. The van der Waals surface area contributed by atoms with Crippen LogP contribution in [0, 0.1) is 5.92 Å². The van der Waals surface area contributed by atoms with Crippen molar-refractivity contribution in [2.75, 3.05) is 35.6 Å². The third kappa shape index (κ3) is 5.89. The molecular weight excluding hydrogens is 406 g/mol. The molecule has 2 amide bonds. The van der Waals surface area contributed by atoms with Gasteiger partial charge in [0.25, 0.3) is 0 Å². The van der Waals surface area contributed by atoms with E-state index in [0.29, 0.717) is 6.54 Å². The quantitative estimate of drug-likeness (QED) is 0.707. The van der Waals surface area contributed by atoms with E-state index >= 15 is 0 Å². The molecule has 1 unspecified atom stereocenters. The maximum Gasteiger partial charge on any atom is 0.227 e. The molecule has 2 aliphatic heterocycles. The average Bonchev–Trinajstić information content (AvgIpc) is 2.78. The monoisotopic (exact) mass is 437 g/mol. The van der Waals surface area contributed by atoms with Crippen LogP contribution < -0.4 is 10.2 Å². The molecule has 2 heterocycles. The number of rotatable bonds is 6. The lowest BCUT2D eigenvalue weighted by Gasteiger charge is -2.30. The Bertz CT molecular complexity index is 915. The van der Waals surface area contributed by atoms with Crippen LogP contribution in [0.3, 0.4) is 0 Å². The molecule has 0 aliphatic carbocycles. The number of fused-ring (bicyclic) bond motifs is 1. The molecule has 2 aromatic rings. The zero-order valence-corrected chi connectivity index (χ0v) is 19.0. The minimum Gasteiger partial charge on any atom is -0.326 e. The van der Waals surface area contributed by atoms with Crippen LogP contribution in [0.5, 0.6) is 0 Å². The summed E-state index contributed by atoms with van der Waals surface area (Å²) in [7, 11) is 0. The van der Waals surface area contributed by atoms with Crippen LogP contribution in [0.25, 0.3) is 0 Å². The SMILES string of the molecule is CC1CCCN(Cc2ccc(NC(=O)CCC(=O)N3CCSc4ccccc43)cc2)C1. The highest BCUT2D eigenvalue weighted by Crippen LogP contribution is 2.34. The van der Waals surface area contributed by atoms with Gasteiger partial charge < -0.3 is 10.2 Å². The molecule has 164 valence electrons. The summed E-state index contributed by atoms with van der Waals surface area (Å²) in [6.45, 7) is 6.30. The van der Waals surface area contributed by atoms with Gasteiger partial charge in [0.1, 0.15) is 0 Å². The molecule has 0 radical (unpaired) electrons. The predicted molar refractivity (Wildman–Crippen MR) is 127 cm³/mol. The number of nitrogens with zero attached hydrogens (tertiary/aromatic N) is 2. The van der Waals surface area contributed by atoms with E-state index in [1.165, 1.54) is 18.4 Å². The maximum atomic E-state index is 12.7. The smallest absolute Gasteiger partial charge is 0.227 e. The molecule has 6 heteroatoms. The van der Waals surface area contributed by atoms with E-state index in [2.05, 4.69) is 29.3 Å². The summed E-state index contributed by atoms with van der Waals surface area (Å²) in [5, 5.41) is 2.93. The number of thioether (sulfide) groups is 1. The van der Waals surface area contributed by atoms with Crippen molar-refractivity contribution in [1.82, 2.24) is 4.90 Å². The second-order valence-corrected chi connectivity index (χ2v) is 9.73. The first kappa shape index (κ1) is 21.9. The number of carbonyl (C=O) groups is 2. The lowest BCUT2D eigenvalue weighted by molar-refractivity contribution is -0.122. The van der Waals surface area contributed by atoms with Crippen molar-refractivity contribution >= 4 is 35.0 Å². The van der Waals surface area contributed by atoms with Gasteiger partial charge >= 0.3 is 0 Å². The van der Waals surface area contributed by atoms with Crippen molar-refractivity contribution < 1.29 is 9.59 Å². The summed E-state index contributed by atoms with van der Waals surface area (Å²) in [6, 6.07) is 16.1. The summed E-state index contributed by atoms with van der Waals surface area (Å²) >= 11 is 1.77. The number of hydrogen-bond donors (Lipinski definition) is 1. The van der Waals surface area contributed by atoms with Gasteiger partial charge in [0.05, 0.1) is 5.69 Å². The highest BCUT2D eigenvalue weighted by Gasteiger charge is 2.23. The van der Waals surface area contributed by atoms with Crippen LogP contribution in [0.2, 0.25) is 0 Å². The van der Waals surface area contributed by atoms with Gasteiger partial charge in [-0.25, -0.2) is 0 Å². The first-order valence-corrected chi connectivity index (χ1v) is 12.2. The molecule has 0 spiro atoms. The molecule has 1 fully saturated rings. The van der Waals surface area contributed by atoms with Crippen molar-refractivity contribution in [1.29, 1.82) is 0 Å². The third-order valence-electron chi connectivity index (χ3n) is 5.98. The second-order valence-electron chi connectivity index (χ2n) is 8.59. The van der Waals surface area contributed by atoms with E-state index in [1.54, 1.807) is 11.8 Å². The van der Waals surface area contributed by atoms with E-state index in [4.69, 9.17) is 0 Å². The number of hydrogen-bond acceptors (Lipinski definition) is 4. The highest BCUT2D eigenvalue weighted by atomic mass is 32.2. The molecule has 1 saturated heterocycles. The van der Waals surface area contributed by atoms with Gasteiger partial charge in [-0.2, -0.15) is 0 Å². The van der Waals surface area contributed by atoms with Crippen molar-refractivity contribution in [2.45, 2.75) is 44.0 Å². The molecule has 0 saturated carbocycles. The van der Waals surface area contributed by atoms with Crippen molar-refractivity contribution in [3.05, 3.63) is 54.1 Å². The standard InChI is InChI=1S/C25H31N3O2S/c1-19-5-4-14-27(17-19)18-20-8-10-21(11-9-20)26-24(29)12-13-25(30)28-15-16-31-23-7-3-2-6-22(23)28/h2-3,6-11,19H,4-5,12-18H2,1H3,(H,26,29). The molecule has 0 bridgehead atoms. The number of piperidine rings is 1. The van der Waals surface area contributed by atoms with Crippen LogP contribution in [-0.2, 0) is 16.1 Å². The Balaban J connectivity index is 1.25. The molecule has 5 nitrogen and oxygen atoms in total. The number of carbonyl (C=O) groups excluding carboxylic acids is 2. The van der Waals surface area contributed by atoms with Gasteiger partial charge in [0.2, 0.25) is 11.8 Å². The van der Waals surface area contributed by atoms with E-state index in [-0.39, 0.29) is 24.7 Å². The number of likely N-dealkylation sites (tertiary alicyclic amines) is 1. The third-order valence-corrected chi connectivity index (χ3v) is 7.02. The van der Waals surface area contributed by atoms with Gasteiger partial charge in [-0.1, -0.05) is 31.2 Å². The summed E-state index contributed by atoms with van der Waals surface area (Å²) in [6.07, 6.45) is 3.01. The number of benzene rings is 2. The summed E-state index contributed by atoms with van der Waals surface area (Å²) in [4.78, 5) is 30.5. The lowest BCUT2D eigenvalue weighted by Crippen LogP contribution is -2.35. The zero-order valence-electron chi connectivity index (χ0n) is 18.2. The van der Waals surface area contributed by atoms with E-state index in [1.807, 2.05) is 41.3 Å². The Morgan fingerprint density at radius 1 is 1.06 bits per heavy atom. The van der Waals surface area contributed by atoms with Crippen molar-refractivity contribution in [3.8, 4) is 0 Å². The predicted octanol–water partition coefficient (Wildman–Crippen LogP) is 4.78. The number of anilines is 2. The molecular formula is C25H31N3O2S. The molecule has 0 aromatic heterocycles. The van der Waals surface area contributed by atoms with Gasteiger partial charge in [0.15, 0.2) is 0 Å². The fourth-order valence-corrected chi connectivity index (χ4v) is 5.38. The number of nitrogens with one attached hydrogen (secondary N) is 1. The Morgan fingerprint density at radius 2 is 1.87 bits per heavy atom. The number of para-hydroxylation sites is 1. The summed E-state index contributed by atoms with van der Waals surface area (Å²) < 4.78 is 0. The zero-order chi connectivity index (χ0) is 21.6.